The minimum atomic E-state index is -3.91. The lowest BCUT2D eigenvalue weighted by Gasteiger charge is -2.29. The number of ether oxygens (including phenoxy) is 2. The molecular weight excluding hydrogens is 337 g/mol. The lowest BCUT2D eigenvalue weighted by Crippen LogP contribution is -2.29. The first kappa shape index (κ1) is 16.8. The highest BCUT2D eigenvalue weighted by molar-refractivity contribution is 7.89. The van der Waals surface area contributed by atoms with Gasteiger partial charge in [0, 0.05) is 19.6 Å². The third-order valence-corrected chi connectivity index (χ3v) is 5.17. The van der Waals surface area contributed by atoms with Gasteiger partial charge in [0.1, 0.15) is 16.7 Å². The van der Waals surface area contributed by atoms with Crippen LogP contribution in [0, 0.1) is 0 Å². The minimum Gasteiger partial charge on any atom is -0.489 e. The highest BCUT2D eigenvalue weighted by Gasteiger charge is 2.25. The number of nitrogens with two attached hydrogens (primary N) is 1. The molecule has 0 amide bonds. The summed E-state index contributed by atoms with van der Waals surface area (Å²) in [5.74, 6) is 0.357. The molecule has 0 spiro atoms. The van der Waals surface area contributed by atoms with Gasteiger partial charge in [0.05, 0.1) is 16.1 Å². The SMILES string of the molecule is COC1CCCC(Oc2cc(Cl)c(S(N)(=O)=O)cc2Cl)C1. The number of sulfonamides is 1. The first-order chi connectivity index (χ1) is 9.81. The number of rotatable bonds is 4. The summed E-state index contributed by atoms with van der Waals surface area (Å²) >= 11 is 12.0. The Hall–Kier alpha value is -0.530. The van der Waals surface area contributed by atoms with E-state index in [9.17, 15) is 8.42 Å². The van der Waals surface area contributed by atoms with Gasteiger partial charge >= 0.3 is 0 Å². The third-order valence-electron chi connectivity index (χ3n) is 3.50. The standard InChI is InChI=1S/C13H17Cl2NO4S/c1-19-8-3-2-4-9(5-8)20-12-6-11(15)13(7-10(12)14)21(16,17)18/h6-9H,2-5H2,1H3,(H2,16,17,18). The summed E-state index contributed by atoms with van der Waals surface area (Å²) in [6.07, 6.45) is 3.81. The Morgan fingerprint density at radius 3 is 2.48 bits per heavy atom. The van der Waals surface area contributed by atoms with E-state index in [4.69, 9.17) is 37.8 Å². The van der Waals surface area contributed by atoms with Gasteiger partial charge < -0.3 is 9.47 Å². The molecule has 1 saturated carbocycles. The van der Waals surface area contributed by atoms with E-state index in [0.717, 1.165) is 25.7 Å². The minimum absolute atomic E-state index is 0.00370. The van der Waals surface area contributed by atoms with E-state index in [-0.39, 0.29) is 27.1 Å². The van der Waals surface area contributed by atoms with Crippen LogP contribution in [0.3, 0.4) is 0 Å². The van der Waals surface area contributed by atoms with Crippen molar-refractivity contribution in [2.45, 2.75) is 42.8 Å². The van der Waals surface area contributed by atoms with Gasteiger partial charge in [-0.1, -0.05) is 23.2 Å². The van der Waals surface area contributed by atoms with Gasteiger partial charge in [-0.15, -0.1) is 0 Å². The molecule has 118 valence electrons. The Kier molecular flexibility index (Phi) is 5.38. The van der Waals surface area contributed by atoms with Crippen LogP contribution in [-0.4, -0.2) is 27.7 Å². The average Bonchev–Trinajstić information content (AvgIpc) is 2.41. The Labute approximate surface area is 134 Å². The number of benzene rings is 1. The maximum Gasteiger partial charge on any atom is 0.239 e. The summed E-state index contributed by atoms with van der Waals surface area (Å²) in [6.45, 7) is 0. The van der Waals surface area contributed by atoms with Crippen LogP contribution in [0.15, 0.2) is 17.0 Å². The van der Waals surface area contributed by atoms with Crippen LogP contribution in [0.2, 0.25) is 10.0 Å². The fourth-order valence-electron chi connectivity index (χ4n) is 2.42. The van der Waals surface area contributed by atoms with Crippen LogP contribution in [0.25, 0.3) is 0 Å². The van der Waals surface area contributed by atoms with Crippen molar-refractivity contribution in [2.75, 3.05) is 7.11 Å². The molecule has 0 heterocycles. The number of hydrogen-bond donors (Lipinski definition) is 1. The first-order valence-corrected chi connectivity index (χ1v) is 8.82. The number of hydrogen-bond acceptors (Lipinski definition) is 4. The molecule has 2 unspecified atom stereocenters. The van der Waals surface area contributed by atoms with Crippen LogP contribution in [0.4, 0.5) is 0 Å². The first-order valence-electron chi connectivity index (χ1n) is 6.52. The van der Waals surface area contributed by atoms with Crippen molar-refractivity contribution in [3.05, 3.63) is 22.2 Å². The van der Waals surface area contributed by atoms with Crippen molar-refractivity contribution in [3.63, 3.8) is 0 Å². The van der Waals surface area contributed by atoms with E-state index in [2.05, 4.69) is 0 Å². The van der Waals surface area contributed by atoms with Gasteiger partial charge in [0.15, 0.2) is 0 Å². The van der Waals surface area contributed by atoms with Gasteiger partial charge in [0.2, 0.25) is 10.0 Å². The van der Waals surface area contributed by atoms with E-state index in [0.29, 0.717) is 5.75 Å². The topological polar surface area (TPSA) is 78.6 Å². The highest BCUT2D eigenvalue weighted by Crippen LogP contribution is 2.35. The molecule has 8 heteroatoms. The molecule has 2 rings (SSSR count). The smallest absolute Gasteiger partial charge is 0.239 e. The monoisotopic (exact) mass is 353 g/mol. The van der Waals surface area contributed by atoms with Gasteiger partial charge in [-0.05, 0) is 25.3 Å². The number of primary sulfonamides is 1. The van der Waals surface area contributed by atoms with E-state index < -0.39 is 10.0 Å². The molecule has 0 aromatic heterocycles. The predicted molar refractivity (Wildman–Crippen MR) is 81.5 cm³/mol. The lowest BCUT2D eigenvalue weighted by molar-refractivity contribution is 0.0210. The number of halogens is 2. The molecule has 1 aliphatic rings. The van der Waals surface area contributed by atoms with E-state index >= 15 is 0 Å². The normalized spacial score (nSPS) is 23.0. The van der Waals surface area contributed by atoms with Crippen LogP contribution >= 0.6 is 23.2 Å². The summed E-state index contributed by atoms with van der Waals surface area (Å²) in [6, 6.07) is 2.60. The van der Waals surface area contributed by atoms with Crippen LogP contribution in [0.5, 0.6) is 5.75 Å². The summed E-state index contributed by atoms with van der Waals surface area (Å²) in [4.78, 5) is -0.208. The molecule has 0 saturated heterocycles. The average molecular weight is 354 g/mol. The second kappa shape index (κ2) is 6.71. The molecule has 1 aromatic rings. The summed E-state index contributed by atoms with van der Waals surface area (Å²) < 4.78 is 33.9. The van der Waals surface area contributed by atoms with Gasteiger partial charge in [0.25, 0.3) is 0 Å². The van der Waals surface area contributed by atoms with E-state index in [1.807, 2.05) is 0 Å². The molecule has 0 aliphatic heterocycles. The second-order valence-corrected chi connectivity index (χ2v) is 7.37. The largest absolute Gasteiger partial charge is 0.489 e. The Bertz CT molecular complexity index is 621. The third kappa shape index (κ3) is 4.23. The molecule has 0 bridgehead atoms. The molecule has 5 nitrogen and oxygen atoms in total. The summed E-state index contributed by atoms with van der Waals surface area (Å²) in [5, 5.41) is 5.23. The molecule has 2 atom stereocenters. The highest BCUT2D eigenvalue weighted by atomic mass is 35.5. The van der Waals surface area contributed by atoms with Crippen molar-refractivity contribution in [3.8, 4) is 5.75 Å². The zero-order chi connectivity index (χ0) is 15.6. The number of methoxy groups -OCH3 is 1. The van der Waals surface area contributed by atoms with Crippen LogP contribution < -0.4 is 9.88 Å². The van der Waals surface area contributed by atoms with Crippen molar-refractivity contribution in [1.29, 1.82) is 0 Å². The van der Waals surface area contributed by atoms with Crippen LogP contribution in [-0.2, 0) is 14.8 Å². The van der Waals surface area contributed by atoms with Gasteiger partial charge in [-0.3, -0.25) is 0 Å². The molecule has 1 aliphatic carbocycles. The molecule has 0 radical (unpaired) electrons. The molecule has 1 fully saturated rings. The Morgan fingerprint density at radius 2 is 1.86 bits per heavy atom. The van der Waals surface area contributed by atoms with Crippen molar-refractivity contribution < 1.29 is 17.9 Å². The zero-order valence-electron chi connectivity index (χ0n) is 11.5. The molecular formula is C13H17Cl2NO4S. The predicted octanol–water partition coefficient (Wildman–Crippen LogP) is 2.98. The molecule has 1 aromatic carbocycles. The summed E-state index contributed by atoms with van der Waals surface area (Å²) in [7, 11) is -2.23. The molecule has 2 N–H and O–H groups in total. The second-order valence-electron chi connectivity index (χ2n) is 5.02. The lowest BCUT2D eigenvalue weighted by atomic mass is 9.95. The Morgan fingerprint density at radius 1 is 1.19 bits per heavy atom. The van der Waals surface area contributed by atoms with Crippen molar-refractivity contribution in [2.24, 2.45) is 5.14 Å². The van der Waals surface area contributed by atoms with Crippen molar-refractivity contribution >= 4 is 33.2 Å². The van der Waals surface area contributed by atoms with Gasteiger partial charge in [-0.2, -0.15) is 0 Å². The maximum atomic E-state index is 11.4. The van der Waals surface area contributed by atoms with E-state index in [1.165, 1.54) is 12.1 Å². The van der Waals surface area contributed by atoms with E-state index in [1.54, 1.807) is 7.11 Å². The summed E-state index contributed by atoms with van der Waals surface area (Å²) in [5.41, 5.74) is 0. The van der Waals surface area contributed by atoms with Gasteiger partial charge in [-0.25, -0.2) is 13.6 Å². The fraction of sp³-hybridized carbons (Fsp3) is 0.538. The molecule has 21 heavy (non-hydrogen) atoms. The van der Waals surface area contributed by atoms with Crippen LogP contribution in [0.1, 0.15) is 25.7 Å². The fourth-order valence-corrected chi connectivity index (χ4v) is 3.78. The quantitative estimate of drug-likeness (QED) is 0.902. The zero-order valence-corrected chi connectivity index (χ0v) is 13.8. The van der Waals surface area contributed by atoms with Crippen molar-refractivity contribution in [1.82, 2.24) is 0 Å². The Balaban J connectivity index is 2.20. The maximum absolute atomic E-state index is 11.4.